The van der Waals surface area contributed by atoms with Crippen LogP contribution < -0.4 is 5.32 Å². The number of ketones is 1. The molecule has 4 rings (SSSR count). The van der Waals surface area contributed by atoms with Gasteiger partial charge < -0.3 is 10.1 Å². The zero-order chi connectivity index (χ0) is 15.8. The summed E-state index contributed by atoms with van der Waals surface area (Å²) < 4.78 is 7.14. The molecule has 0 amide bonds. The van der Waals surface area contributed by atoms with E-state index in [1.54, 1.807) is 0 Å². The molecule has 1 heterocycles. The van der Waals surface area contributed by atoms with Gasteiger partial charge in [-0.1, -0.05) is 42.5 Å². The van der Waals surface area contributed by atoms with Gasteiger partial charge >= 0.3 is 0 Å². The maximum absolute atomic E-state index is 13.0. The highest BCUT2D eigenvalue weighted by atomic mass is 127. The van der Waals surface area contributed by atoms with Crippen LogP contribution in [0.4, 0.5) is 0 Å². The summed E-state index contributed by atoms with van der Waals surface area (Å²) in [5, 5.41) is 3.39. The normalized spacial score (nSPS) is 20.6. The highest BCUT2D eigenvalue weighted by Gasteiger charge is 2.39. The summed E-state index contributed by atoms with van der Waals surface area (Å²) in [7, 11) is 0. The second kappa shape index (κ2) is 6.00. The first kappa shape index (κ1) is 14.8. The number of hydrogen-bond donors (Lipinski definition) is 1. The van der Waals surface area contributed by atoms with Crippen molar-refractivity contribution in [2.45, 2.75) is 25.0 Å². The Morgan fingerprint density at radius 3 is 2.52 bits per heavy atom. The Bertz CT molecular complexity index is 781. The van der Waals surface area contributed by atoms with Gasteiger partial charge in [0, 0.05) is 15.2 Å². The average molecular weight is 417 g/mol. The van der Waals surface area contributed by atoms with E-state index < -0.39 is 6.10 Å². The van der Waals surface area contributed by atoms with Crippen molar-refractivity contribution in [2.24, 2.45) is 0 Å². The van der Waals surface area contributed by atoms with Gasteiger partial charge in [-0.2, -0.15) is 0 Å². The van der Waals surface area contributed by atoms with E-state index >= 15 is 0 Å². The summed E-state index contributed by atoms with van der Waals surface area (Å²) in [6, 6.07) is 18.1. The number of nitrogens with one attached hydrogen (secondary N) is 1. The number of carbonyl (C=O) groups is 1. The molecule has 1 saturated carbocycles. The Balaban J connectivity index is 1.73. The second-order valence-corrected chi connectivity index (χ2v) is 7.15. The largest absolute Gasteiger partial charge is 0.462 e. The number of Topliss-reactive ketones (excluding diaryl/α,β-unsaturated/α-hetero) is 1. The SMILES string of the molecule is O=C1C(c2cccc(I)c2)=C(NC2CC2)OC1c1ccccc1. The summed E-state index contributed by atoms with van der Waals surface area (Å²) in [6.07, 6.45) is 1.72. The van der Waals surface area contributed by atoms with Gasteiger partial charge in [0.2, 0.25) is 5.78 Å². The quantitative estimate of drug-likeness (QED) is 0.763. The van der Waals surface area contributed by atoms with Gasteiger partial charge in [0.1, 0.15) is 0 Å². The van der Waals surface area contributed by atoms with E-state index in [9.17, 15) is 4.79 Å². The highest BCUT2D eigenvalue weighted by molar-refractivity contribution is 14.1. The van der Waals surface area contributed by atoms with Crippen molar-refractivity contribution in [3.8, 4) is 0 Å². The summed E-state index contributed by atoms with van der Waals surface area (Å²) in [4.78, 5) is 13.0. The van der Waals surface area contributed by atoms with Crippen LogP contribution in [0.5, 0.6) is 0 Å². The molecule has 23 heavy (non-hydrogen) atoms. The minimum absolute atomic E-state index is 0.0290. The molecule has 2 aromatic rings. The molecule has 1 atom stereocenters. The van der Waals surface area contributed by atoms with Crippen molar-refractivity contribution in [2.75, 3.05) is 0 Å². The Kier molecular flexibility index (Phi) is 3.85. The number of halogens is 1. The van der Waals surface area contributed by atoms with Crippen molar-refractivity contribution in [3.05, 3.63) is 75.2 Å². The number of benzene rings is 2. The molecule has 116 valence electrons. The molecule has 2 aromatic carbocycles. The fraction of sp³-hybridized carbons (Fsp3) is 0.211. The lowest BCUT2D eigenvalue weighted by Crippen LogP contribution is -2.17. The molecule has 1 unspecified atom stereocenters. The monoisotopic (exact) mass is 417 g/mol. The maximum Gasteiger partial charge on any atom is 0.213 e. The number of ether oxygens (including phenoxy) is 1. The van der Waals surface area contributed by atoms with Gasteiger partial charge in [-0.25, -0.2) is 0 Å². The van der Waals surface area contributed by atoms with Crippen LogP contribution in [0.15, 0.2) is 60.5 Å². The van der Waals surface area contributed by atoms with E-state index in [1.807, 2.05) is 54.6 Å². The fourth-order valence-corrected chi connectivity index (χ4v) is 3.30. The Hall–Kier alpha value is -1.82. The molecular weight excluding hydrogens is 401 g/mol. The highest BCUT2D eigenvalue weighted by Crippen LogP contribution is 2.38. The van der Waals surface area contributed by atoms with Crippen molar-refractivity contribution in [1.82, 2.24) is 5.32 Å². The first-order chi connectivity index (χ1) is 11.2. The number of carbonyl (C=O) groups excluding carboxylic acids is 1. The van der Waals surface area contributed by atoms with Crippen LogP contribution in [0.1, 0.15) is 30.1 Å². The third-order valence-electron chi connectivity index (χ3n) is 4.08. The zero-order valence-corrected chi connectivity index (χ0v) is 14.6. The van der Waals surface area contributed by atoms with Gasteiger partial charge in [-0.3, -0.25) is 4.79 Å². The Morgan fingerprint density at radius 1 is 1.04 bits per heavy atom. The topological polar surface area (TPSA) is 38.3 Å². The standard InChI is InChI=1S/C19H16INO2/c20-14-8-4-7-13(11-14)16-17(22)18(12-5-2-1-3-6-12)23-19(16)21-15-9-10-15/h1-8,11,15,18,21H,9-10H2. The average Bonchev–Trinajstić information content (AvgIpc) is 3.31. The maximum atomic E-state index is 13.0. The molecule has 1 aliphatic carbocycles. The molecule has 3 nitrogen and oxygen atoms in total. The lowest BCUT2D eigenvalue weighted by molar-refractivity contribution is -0.120. The molecule has 2 aliphatic rings. The number of hydrogen-bond acceptors (Lipinski definition) is 3. The lowest BCUT2D eigenvalue weighted by atomic mass is 9.97. The van der Waals surface area contributed by atoms with E-state index in [2.05, 4.69) is 27.9 Å². The number of rotatable bonds is 4. The summed E-state index contributed by atoms with van der Waals surface area (Å²) in [6.45, 7) is 0. The lowest BCUT2D eigenvalue weighted by Gasteiger charge is -2.12. The first-order valence-electron chi connectivity index (χ1n) is 7.75. The van der Waals surface area contributed by atoms with Gasteiger partial charge in [-0.05, 0) is 53.1 Å². The molecule has 1 aliphatic heterocycles. The van der Waals surface area contributed by atoms with E-state index in [0.29, 0.717) is 17.5 Å². The van der Waals surface area contributed by atoms with E-state index in [0.717, 1.165) is 27.5 Å². The fourth-order valence-electron chi connectivity index (χ4n) is 2.76. The van der Waals surface area contributed by atoms with Crippen molar-refractivity contribution < 1.29 is 9.53 Å². The van der Waals surface area contributed by atoms with Crippen LogP contribution in [0.25, 0.3) is 5.57 Å². The predicted molar refractivity (Wildman–Crippen MR) is 97.5 cm³/mol. The second-order valence-electron chi connectivity index (χ2n) is 5.91. The van der Waals surface area contributed by atoms with Gasteiger partial charge in [0.05, 0.1) is 5.57 Å². The van der Waals surface area contributed by atoms with Crippen LogP contribution in [0.3, 0.4) is 0 Å². The molecule has 0 spiro atoms. The van der Waals surface area contributed by atoms with Crippen LogP contribution in [-0.4, -0.2) is 11.8 Å². The van der Waals surface area contributed by atoms with Crippen LogP contribution in [0.2, 0.25) is 0 Å². The van der Waals surface area contributed by atoms with Gasteiger partial charge in [0.15, 0.2) is 12.0 Å². The third-order valence-corrected chi connectivity index (χ3v) is 4.75. The summed E-state index contributed by atoms with van der Waals surface area (Å²) in [5.41, 5.74) is 2.49. The van der Waals surface area contributed by atoms with E-state index in [-0.39, 0.29) is 5.78 Å². The van der Waals surface area contributed by atoms with Gasteiger partial charge in [0.25, 0.3) is 0 Å². The van der Waals surface area contributed by atoms with Crippen LogP contribution >= 0.6 is 22.6 Å². The Morgan fingerprint density at radius 2 is 1.83 bits per heavy atom. The summed E-state index contributed by atoms with van der Waals surface area (Å²) in [5.74, 6) is 0.662. The Labute approximate surface area is 148 Å². The molecule has 0 bridgehead atoms. The van der Waals surface area contributed by atoms with Crippen LogP contribution in [-0.2, 0) is 9.53 Å². The van der Waals surface area contributed by atoms with E-state index in [4.69, 9.17) is 4.74 Å². The first-order valence-corrected chi connectivity index (χ1v) is 8.83. The summed E-state index contributed by atoms with van der Waals surface area (Å²) >= 11 is 2.27. The molecule has 4 heteroatoms. The minimum atomic E-state index is -0.551. The third kappa shape index (κ3) is 3.00. The molecule has 1 N–H and O–H groups in total. The molecule has 1 fully saturated rings. The smallest absolute Gasteiger partial charge is 0.213 e. The molecular formula is C19H16INO2. The van der Waals surface area contributed by atoms with Crippen molar-refractivity contribution in [1.29, 1.82) is 0 Å². The van der Waals surface area contributed by atoms with Crippen molar-refractivity contribution in [3.63, 3.8) is 0 Å². The molecule has 0 radical (unpaired) electrons. The molecule has 0 aromatic heterocycles. The minimum Gasteiger partial charge on any atom is -0.462 e. The zero-order valence-electron chi connectivity index (χ0n) is 12.5. The van der Waals surface area contributed by atoms with Crippen LogP contribution in [0, 0.1) is 3.57 Å². The van der Waals surface area contributed by atoms with E-state index in [1.165, 1.54) is 0 Å². The van der Waals surface area contributed by atoms with Gasteiger partial charge in [-0.15, -0.1) is 0 Å². The predicted octanol–water partition coefficient (Wildman–Crippen LogP) is 4.05. The van der Waals surface area contributed by atoms with Crippen molar-refractivity contribution >= 4 is 33.9 Å². The molecule has 0 saturated heterocycles.